The molecule has 2 aliphatic rings. The molecule has 1 aromatic rings. The molecule has 1 fully saturated rings. The van der Waals surface area contributed by atoms with Gasteiger partial charge in [0.2, 0.25) is 5.91 Å². The van der Waals surface area contributed by atoms with Crippen molar-refractivity contribution in [3.63, 3.8) is 0 Å². The Kier molecular flexibility index (Phi) is 5.81. The topological polar surface area (TPSA) is 61.9 Å². The van der Waals surface area contributed by atoms with Crippen molar-refractivity contribution in [2.75, 3.05) is 39.8 Å². The molecule has 136 valence electrons. The van der Waals surface area contributed by atoms with E-state index >= 15 is 0 Å². The molecule has 1 N–H and O–H groups in total. The van der Waals surface area contributed by atoms with E-state index in [0.717, 1.165) is 31.5 Å². The van der Waals surface area contributed by atoms with Crippen LogP contribution in [0.2, 0.25) is 5.02 Å². The quantitative estimate of drug-likeness (QED) is 0.878. The normalized spacial score (nSPS) is 21.3. The summed E-state index contributed by atoms with van der Waals surface area (Å²) in [5.74, 6) is 0.725. The molecule has 2 amide bonds. The van der Waals surface area contributed by atoms with Gasteiger partial charge in [-0.25, -0.2) is 0 Å². The second-order valence-corrected chi connectivity index (χ2v) is 7.18. The van der Waals surface area contributed by atoms with Crippen molar-refractivity contribution in [2.24, 2.45) is 5.92 Å². The van der Waals surface area contributed by atoms with E-state index in [9.17, 15) is 9.59 Å². The summed E-state index contributed by atoms with van der Waals surface area (Å²) in [4.78, 5) is 28.4. The van der Waals surface area contributed by atoms with Crippen LogP contribution >= 0.6 is 11.6 Å². The molecule has 2 heterocycles. The molecule has 1 atom stereocenters. The minimum atomic E-state index is -0.0843. The van der Waals surface area contributed by atoms with Gasteiger partial charge < -0.3 is 19.9 Å². The van der Waals surface area contributed by atoms with Crippen molar-refractivity contribution in [2.45, 2.75) is 19.4 Å². The molecule has 0 bridgehead atoms. The molecule has 2 aliphatic heterocycles. The molecule has 3 rings (SSSR count). The summed E-state index contributed by atoms with van der Waals surface area (Å²) in [6.07, 6.45) is 1.98. The van der Waals surface area contributed by atoms with Gasteiger partial charge in [0.25, 0.3) is 5.91 Å². The average molecular weight is 366 g/mol. The maximum atomic E-state index is 12.3. The highest BCUT2D eigenvalue weighted by Crippen LogP contribution is 2.26. The predicted molar refractivity (Wildman–Crippen MR) is 95.6 cm³/mol. The van der Waals surface area contributed by atoms with Gasteiger partial charge in [-0.1, -0.05) is 11.6 Å². The third kappa shape index (κ3) is 4.64. The molecular weight excluding hydrogens is 342 g/mol. The second kappa shape index (κ2) is 8.06. The highest BCUT2D eigenvalue weighted by Gasteiger charge is 2.25. The first-order chi connectivity index (χ1) is 12.0. The van der Waals surface area contributed by atoms with Gasteiger partial charge in [-0.2, -0.15) is 0 Å². The number of carbonyl (C=O) groups is 2. The van der Waals surface area contributed by atoms with Gasteiger partial charge in [0.05, 0.1) is 5.92 Å². The first-order valence-corrected chi connectivity index (χ1v) is 9.06. The van der Waals surface area contributed by atoms with E-state index in [2.05, 4.69) is 10.2 Å². The van der Waals surface area contributed by atoms with Crippen LogP contribution in [0.4, 0.5) is 0 Å². The number of piperidine rings is 1. The maximum Gasteiger partial charge on any atom is 0.260 e. The number of hydrogen-bond acceptors (Lipinski definition) is 4. The number of rotatable bonds is 4. The lowest BCUT2D eigenvalue weighted by atomic mass is 9.98. The average Bonchev–Trinajstić information content (AvgIpc) is 2.74. The Morgan fingerprint density at radius 2 is 2.28 bits per heavy atom. The standard InChI is InChI=1S/C18H24ClN3O3/c1-21-7-2-3-13(10-21)18(24)20-6-8-22-11-14-9-15(19)4-5-16(14)25-12-17(22)23/h4-5,9,13H,2-3,6-8,10-12H2,1H3,(H,20,24)/t13-/m0/s1. The maximum absolute atomic E-state index is 12.3. The molecule has 0 aromatic heterocycles. The SMILES string of the molecule is CN1CCC[C@H](C(=O)NCCN2Cc3cc(Cl)ccc3OCC2=O)C1. The number of benzene rings is 1. The Bertz CT molecular complexity index is 652. The van der Waals surface area contributed by atoms with Gasteiger partial charge in [0, 0.05) is 36.8 Å². The zero-order valence-corrected chi connectivity index (χ0v) is 15.2. The van der Waals surface area contributed by atoms with Crippen molar-refractivity contribution in [1.29, 1.82) is 0 Å². The van der Waals surface area contributed by atoms with Crippen LogP contribution in [0.5, 0.6) is 5.75 Å². The molecule has 0 spiro atoms. The highest BCUT2D eigenvalue weighted by atomic mass is 35.5. The smallest absolute Gasteiger partial charge is 0.260 e. The summed E-state index contributed by atoms with van der Waals surface area (Å²) in [7, 11) is 2.04. The van der Waals surface area contributed by atoms with Gasteiger partial charge >= 0.3 is 0 Å². The van der Waals surface area contributed by atoms with Gasteiger partial charge in [0.1, 0.15) is 5.75 Å². The number of nitrogens with zero attached hydrogens (tertiary/aromatic N) is 2. The van der Waals surface area contributed by atoms with Gasteiger partial charge in [0.15, 0.2) is 6.61 Å². The van der Waals surface area contributed by atoms with Crippen molar-refractivity contribution in [3.8, 4) is 5.75 Å². The van der Waals surface area contributed by atoms with E-state index < -0.39 is 0 Å². The lowest BCUT2D eigenvalue weighted by molar-refractivity contribution is -0.134. The van der Waals surface area contributed by atoms with E-state index in [1.54, 1.807) is 17.0 Å². The fourth-order valence-electron chi connectivity index (χ4n) is 3.38. The molecule has 1 saturated heterocycles. The van der Waals surface area contributed by atoms with Gasteiger partial charge in [-0.15, -0.1) is 0 Å². The lowest BCUT2D eigenvalue weighted by Crippen LogP contribution is -2.44. The molecule has 0 aliphatic carbocycles. The van der Waals surface area contributed by atoms with E-state index in [1.807, 2.05) is 13.1 Å². The van der Waals surface area contributed by atoms with Crippen LogP contribution in [0.1, 0.15) is 18.4 Å². The molecular formula is C18H24ClN3O3. The summed E-state index contributed by atoms with van der Waals surface area (Å²) in [5, 5.41) is 3.59. The lowest BCUT2D eigenvalue weighted by Gasteiger charge is -2.29. The van der Waals surface area contributed by atoms with Crippen molar-refractivity contribution < 1.29 is 14.3 Å². The zero-order chi connectivity index (χ0) is 17.8. The Hall–Kier alpha value is -1.79. The summed E-state index contributed by atoms with van der Waals surface area (Å²) in [5.41, 5.74) is 0.888. The molecule has 1 aromatic carbocycles. The van der Waals surface area contributed by atoms with Crippen molar-refractivity contribution >= 4 is 23.4 Å². The number of hydrogen-bond donors (Lipinski definition) is 1. The van der Waals surface area contributed by atoms with Crippen molar-refractivity contribution in [3.05, 3.63) is 28.8 Å². The Morgan fingerprint density at radius 3 is 3.08 bits per heavy atom. The van der Waals surface area contributed by atoms with Crippen molar-refractivity contribution in [1.82, 2.24) is 15.1 Å². The number of fused-ring (bicyclic) bond motifs is 1. The minimum absolute atomic E-state index is 0.00992. The van der Waals surface area contributed by atoms with E-state index in [4.69, 9.17) is 16.3 Å². The monoisotopic (exact) mass is 365 g/mol. The summed E-state index contributed by atoms with van der Waals surface area (Å²) in [6, 6.07) is 5.36. The Morgan fingerprint density at radius 1 is 1.44 bits per heavy atom. The van der Waals surface area contributed by atoms with E-state index in [0.29, 0.717) is 30.4 Å². The number of nitrogens with one attached hydrogen (secondary N) is 1. The molecule has 0 radical (unpaired) electrons. The third-order valence-electron chi connectivity index (χ3n) is 4.76. The van der Waals surface area contributed by atoms with Crippen LogP contribution in [0.25, 0.3) is 0 Å². The fraction of sp³-hybridized carbons (Fsp3) is 0.556. The van der Waals surface area contributed by atoms with Crippen LogP contribution in [0.15, 0.2) is 18.2 Å². The Labute approximate surface area is 153 Å². The zero-order valence-electron chi connectivity index (χ0n) is 14.5. The van der Waals surface area contributed by atoms with E-state index in [1.165, 1.54) is 0 Å². The van der Waals surface area contributed by atoms with Crippen LogP contribution < -0.4 is 10.1 Å². The second-order valence-electron chi connectivity index (χ2n) is 6.75. The fourth-order valence-corrected chi connectivity index (χ4v) is 3.57. The molecule has 7 heteroatoms. The highest BCUT2D eigenvalue weighted by molar-refractivity contribution is 6.30. The summed E-state index contributed by atoms with van der Waals surface area (Å²) >= 11 is 6.04. The number of halogens is 1. The molecule has 25 heavy (non-hydrogen) atoms. The van der Waals surface area contributed by atoms with Gasteiger partial charge in [-0.3, -0.25) is 9.59 Å². The molecule has 6 nitrogen and oxygen atoms in total. The van der Waals surface area contributed by atoms with Crippen LogP contribution in [0, 0.1) is 5.92 Å². The summed E-state index contributed by atoms with van der Waals surface area (Å²) in [6.45, 7) is 3.21. The Balaban J connectivity index is 1.53. The van der Waals surface area contributed by atoms with Crippen LogP contribution in [-0.2, 0) is 16.1 Å². The van der Waals surface area contributed by atoms with E-state index in [-0.39, 0.29) is 24.3 Å². The number of ether oxygens (including phenoxy) is 1. The summed E-state index contributed by atoms with van der Waals surface area (Å²) < 4.78 is 5.54. The van der Waals surface area contributed by atoms with Crippen LogP contribution in [0.3, 0.4) is 0 Å². The first-order valence-electron chi connectivity index (χ1n) is 8.68. The first kappa shape index (κ1) is 18.0. The largest absolute Gasteiger partial charge is 0.483 e. The number of carbonyl (C=O) groups excluding carboxylic acids is 2. The number of likely N-dealkylation sites (tertiary alicyclic amines) is 1. The number of amides is 2. The molecule has 0 saturated carbocycles. The predicted octanol–water partition coefficient (Wildman–Crippen LogP) is 1.52. The van der Waals surface area contributed by atoms with Gasteiger partial charge in [-0.05, 0) is 44.6 Å². The molecule has 0 unspecified atom stereocenters. The minimum Gasteiger partial charge on any atom is -0.483 e. The van der Waals surface area contributed by atoms with Crippen LogP contribution in [-0.4, -0.2) is 61.4 Å². The third-order valence-corrected chi connectivity index (χ3v) is 5.00.